The molecule has 0 fully saturated rings. The normalized spacial score (nSPS) is 11.4. The number of anilines is 1. The van der Waals surface area contributed by atoms with Crippen molar-refractivity contribution < 1.29 is 28.9 Å². The van der Waals surface area contributed by atoms with Crippen molar-refractivity contribution in [1.29, 1.82) is 0 Å². The molecule has 0 radical (unpaired) electrons. The first-order valence-electron chi connectivity index (χ1n) is 5.68. The number of hydrogen-bond acceptors (Lipinski definition) is 7. The molecule has 114 valence electrons. The second kappa shape index (κ2) is 9.76. The van der Waals surface area contributed by atoms with Crippen LogP contribution in [-0.2, 0) is 0 Å². The smallest absolute Gasteiger partial charge is 0.131 e. The summed E-state index contributed by atoms with van der Waals surface area (Å²) in [5.41, 5.74) is 1.54. The Balaban J connectivity index is 0.000000621. The van der Waals surface area contributed by atoms with Crippen LogP contribution in [0.4, 0.5) is 5.82 Å². The van der Waals surface area contributed by atoms with Crippen LogP contribution in [0.3, 0.4) is 0 Å². The number of pyridine rings is 1. The van der Waals surface area contributed by atoms with Crippen molar-refractivity contribution in [1.82, 2.24) is 9.88 Å². The van der Waals surface area contributed by atoms with Gasteiger partial charge in [-0.2, -0.15) is 14.0 Å². The van der Waals surface area contributed by atoms with Crippen molar-refractivity contribution in [3.63, 3.8) is 0 Å². The van der Waals surface area contributed by atoms with E-state index in [0.29, 0.717) is 0 Å². The van der Waals surface area contributed by atoms with Crippen LogP contribution < -0.4 is 19.3 Å². The monoisotopic (exact) mass is 325 g/mol. The van der Waals surface area contributed by atoms with Crippen LogP contribution in [0, 0.1) is 10.2 Å². The van der Waals surface area contributed by atoms with Gasteiger partial charge in [-0.15, -0.1) is 0 Å². The van der Waals surface area contributed by atoms with E-state index >= 15 is 0 Å². The Kier molecular flexibility index (Phi) is 9.23. The van der Waals surface area contributed by atoms with Gasteiger partial charge in [0.2, 0.25) is 0 Å². The third-order valence-electron chi connectivity index (χ3n) is 2.13. The molecule has 0 saturated heterocycles. The van der Waals surface area contributed by atoms with Crippen LogP contribution in [-0.4, -0.2) is 27.6 Å². The van der Waals surface area contributed by atoms with Gasteiger partial charge in [0.05, 0.1) is 14.9 Å². The minimum atomic E-state index is -4.69. The van der Waals surface area contributed by atoms with Crippen molar-refractivity contribution in [2.75, 3.05) is 18.4 Å². The maximum atomic E-state index is 8.60. The summed E-state index contributed by atoms with van der Waals surface area (Å²) in [4.78, 5) is 6.31. The summed E-state index contributed by atoms with van der Waals surface area (Å²) >= 11 is 5.78. The van der Waals surface area contributed by atoms with Gasteiger partial charge < -0.3 is 10.2 Å². The highest BCUT2D eigenvalue weighted by Gasteiger charge is 2.05. The van der Waals surface area contributed by atoms with Crippen molar-refractivity contribution in [2.24, 2.45) is 0 Å². The van der Waals surface area contributed by atoms with Gasteiger partial charge >= 0.3 is 0 Å². The zero-order chi connectivity index (χ0) is 15.6. The maximum Gasteiger partial charge on any atom is 0.131 e. The molecule has 0 aliphatic heterocycles. The van der Waals surface area contributed by atoms with E-state index < -0.39 is 10.2 Å². The van der Waals surface area contributed by atoms with Crippen molar-refractivity contribution in [2.45, 2.75) is 13.8 Å². The van der Waals surface area contributed by atoms with Gasteiger partial charge in [-0.05, 0) is 26.0 Å². The summed E-state index contributed by atoms with van der Waals surface area (Å²) in [6.45, 7) is 6.00. The van der Waals surface area contributed by atoms with E-state index in [-0.39, 0.29) is 0 Å². The number of nitrogens with one attached hydrogen (secondary N) is 1. The zero-order valence-electron chi connectivity index (χ0n) is 11.1. The molecule has 0 unspecified atom stereocenters. The van der Waals surface area contributed by atoms with E-state index in [2.05, 4.69) is 29.0 Å². The highest BCUT2D eigenvalue weighted by atomic mass is 35.7. The zero-order valence-corrected chi connectivity index (χ0v) is 12.6. The predicted octanol–water partition coefficient (Wildman–Crippen LogP) is -1.25. The Labute approximate surface area is 124 Å². The van der Waals surface area contributed by atoms with Gasteiger partial charge in [-0.1, -0.05) is 17.7 Å². The number of aromatic nitrogens is 1. The lowest BCUT2D eigenvalue weighted by atomic mass is 10.4. The summed E-state index contributed by atoms with van der Waals surface area (Å²) in [7, 11) is -4.69. The van der Waals surface area contributed by atoms with E-state index in [1.807, 2.05) is 18.2 Å². The van der Waals surface area contributed by atoms with E-state index in [9.17, 15) is 0 Å². The first kappa shape index (κ1) is 18.9. The first-order valence-corrected chi connectivity index (χ1v) is 7.38. The average Bonchev–Trinajstić information content (AvgIpc) is 2.38. The fraction of sp³-hybridized carbons (Fsp3) is 0.364. The summed E-state index contributed by atoms with van der Waals surface area (Å²) < 4.78 is 32.7. The van der Waals surface area contributed by atoms with Crippen LogP contribution in [0.1, 0.15) is 13.8 Å². The largest absolute Gasteiger partial charge is 0.358 e. The Bertz CT molecular complexity index is 388. The highest BCUT2D eigenvalue weighted by Crippen LogP contribution is 2.10. The molecule has 1 aromatic rings. The lowest BCUT2D eigenvalue weighted by Crippen LogP contribution is -2.58. The fourth-order valence-corrected chi connectivity index (χ4v) is 1.50. The number of halogens is 2. The molecular formula is C11H17Cl2N3O4. The van der Waals surface area contributed by atoms with E-state index in [1.54, 1.807) is 11.7 Å². The molecule has 7 nitrogen and oxygen atoms in total. The number of nitrogens with zero attached hydrogens (tertiary/aromatic N) is 2. The number of rotatable bonds is 5. The average molecular weight is 326 g/mol. The molecule has 1 aromatic heterocycles. The Morgan fingerprint density at radius 1 is 1.40 bits per heavy atom. The van der Waals surface area contributed by atoms with Crippen LogP contribution in [0.25, 0.3) is 0 Å². The van der Waals surface area contributed by atoms with Crippen molar-refractivity contribution in [3.8, 4) is 0 Å². The molecule has 0 aliphatic carbocycles. The summed E-state index contributed by atoms with van der Waals surface area (Å²) in [5.74, 6) is 1.68. The molecule has 0 aromatic carbocycles. The Morgan fingerprint density at radius 3 is 2.30 bits per heavy atom. The molecule has 0 bridgehead atoms. The molecule has 2 N–H and O–H groups in total. The van der Waals surface area contributed by atoms with Gasteiger partial charge in [-0.3, -0.25) is 0 Å². The Hall–Kier alpha value is -1.09. The molecule has 1 heterocycles. The summed E-state index contributed by atoms with van der Waals surface area (Å²) in [6.07, 6.45) is 1.75. The predicted molar refractivity (Wildman–Crippen MR) is 66.9 cm³/mol. The third kappa shape index (κ3) is 9.79. The minimum absolute atomic E-state index is 0.802. The molecule has 1 rings (SSSR count). The lowest BCUT2D eigenvalue weighted by molar-refractivity contribution is -1.92. The molecule has 0 atom stereocenters. The third-order valence-corrected chi connectivity index (χ3v) is 2.34. The first-order chi connectivity index (χ1) is 9.31. The van der Waals surface area contributed by atoms with Crippen molar-refractivity contribution >= 4 is 17.4 Å². The van der Waals surface area contributed by atoms with E-state index in [0.717, 1.165) is 24.7 Å². The van der Waals surface area contributed by atoms with Crippen molar-refractivity contribution in [3.05, 3.63) is 35.8 Å². The topological polar surface area (TPSA) is 118 Å². The van der Waals surface area contributed by atoms with Gasteiger partial charge in [0.1, 0.15) is 11.6 Å². The molecule has 9 heteroatoms. The molecular weight excluding hydrogens is 309 g/mol. The summed E-state index contributed by atoms with van der Waals surface area (Å²) in [6, 6.07) is 5.72. The Morgan fingerprint density at radius 2 is 1.95 bits per heavy atom. The van der Waals surface area contributed by atoms with Gasteiger partial charge in [0.15, 0.2) is 0 Å². The van der Waals surface area contributed by atoms with Crippen LogP contribution >= 0.6 is 11.6 Å². The molecule has 20 heavy (non-hydrogen) atoms. The van der Waals surface area contributed by atoms with E-state index in [4.69, 9.17) is 30.2 Å². The summed E-state index contributed by atoms with van der Waals surface area (Å²) in [5, 5.41) is 3.17. The van der Waals surface area contributed by atoms with E-state index in [1.165, 1.54) is 0 Å². The van der Waals surface area contributed by atoms with Gasteiger partial charge in [0.25, 0.3) is 0 Å². The van der Waals surface area contributed by atoms with Gasteiger partial charge in [0, 0.05) is 24.8 Å². The van der Waals surface area contributed by atoms with Crippen LogP contribution in [0.15, 0.2) is 35.8 Å². The highest BCUT2D eigenvalue weighted by molar-refractivity contribution is 6.25. The van der Waals surface area contributed by atoms with Gasteiger partial charge in [-0.25, -0.2) is 4.98 Å². The lowest BCUT2D eigenvalue weighted by Gasteiger charge is -2.24. The maximum absolute atomic E-state index is 8.60. The van der Waals surface area contributed by atoms with Crippen LogP contribution in [0.2, 0.25) is 0 Å². The fourth-order valence-electron chi connectivity index (χ4n) is 1.31. The molecule has 0 spiro atoms. The quantitative estimate of drug-likeness (QED) is 0.694. The minimum Gasteiger partial charge on any atom is -0.358 e. The SMILES string of the molecule is CCN(CC)/C(=C\Cl)Nc1ccccn1.[O-][Cl+3]([O-])([O-])O. The molecule has 0 saturated carbocycles. The molecule has 0 aliphatic rings. The molecule has 0 amide bonds. The van der Waals surface area contributed by atoms with Crippen LogP contribution in [0.5, 0.6) is 0 Å². The number of hydrogen-bond donors (Lipinski definition) is 2. The second-order valence-electron chi connectivity index (χ2n) is 3.40. The second-order valence-corrected chi connectivity index (χ2v) is 4.41. The standard InChI is InChI=1S/C11H16ClN3.ClHO4/c1-3-15(4-2)11(9-12)14-10-7-5-6-8-13-10;2-1(3,4)5/h5-9H,3-4H2,1-2H3,(H,13,14);(H,2,3,4,5)/b11-9-;.